The maximum Gasteiger partial charge on any atom is 0.0458 e. The van der Waals surface area contributed by atoms with E-state index in [1.807, 2.05) is 11.3 Å². The Morgan fingerprint density at radius 3 is 2.76 bits per heavy atom. The zero-order chi connectivity index (χ0) is 12.1. The van der Waals surface area contributed by atoms with E-state index in [-0.39, 0.29) is 0 Å². The Morgan fingerprint density at radius 1 is 1.24 bits per heavy atom. The van der Waals surface area contributed by atoms with Gasteiger partial charge >= 0.3 is 0 Å². The van der Waals surface area contributed by atoms with Crippen LogP contribution >= 0.6 is 22.7 Å². The lowest BCUT2D eigenvalue weighted by Gasteiger charge is -2.17. The van der Waals surface area contributed by atoms with E-state index in [4.69, 9.17) is 0 Å². The summed E-state index contributed by atoms with van der Waals surface area (Å²) in [7, 11) is 0. The van der Waals surface area contributed by atoms with E-state index >= 15 is 0 Å². The average molecular weight is 265 g/mol. The molecule has 0 amide bonds. The normalized spacial score (nSPS) is 12.8. The van der Waals surface area contributed by atoms with Gasteiger partial charge < -0.3 is 5.32 Å². The fourth-order valence-electron chi connectivity index (χ4n) is 2.09. The molecule has 92 valence electrons. The molecule has 2 aromatic heterocycles. The van der Waals surface area contributed by atoms with Crippen LogP contribution in [0.15, 0.2) is 28.3 Å². The van der Waals surface area contributed by atoms with Gasteiger partial charge in [-0.25, -0.2) is 0 Å². The van der Waals surface area contributed by atoms with Crippen molar-refractivity contribution in [1.82, 2.24) is 5.32 Å². The van der Waals surface area contributed by atoms with Gasteiger partial charge in [-0.05, 0) is 58.8 Å². The summed E-state index contributed by atoms with van der Waals surface area (Å²) in [4.78, 5) is 1.51. The molecule has 0 aliphatic heterocycles. The standard InChI is InChI=1S/C14H19NS2/c1-3-12-6-8-17-14(12)13(15-4-2)9-11-5-7-16-10-11/h5-8,10,13,15H,3-4,9H2,1-2H3. The smallest absolute Gasteiger partial charge is 0.0458 e. The number of rotatable bonds is 6. The average Bonchev–Trinajstić information content (AvgIpc) is 2.98. The van der Waals surface area contributed by atoms with Crippen LogP contribution in [-0.4, -0.2) is 6.54 Å². The predicted octanol–water partition coefficient (Wildman–Crippen LogP) is 4.27. The van der Waals surface area contributed by atoms with Crippen LogP contribution in [0, 0.1) is 0 Å². The fourth-order valence-corrected chi connectivity index (χ4v) is 3.85. The Bertz CT molecular complexity index is 431. The van der Waals surface area contributed by atoms with E-state index in [0.717, 1.165) is 19.4 Å². The number of nitrogens with one attached hydrogen (secondary N) is 1. The highest BCUT2D eigenvalue weighted by atomic mass is 32.1. The molecule has 3 heteroatoms. The molecular formula is C14H19NS2. The third kappa shape index (κ3) is 3.18. The molecule has 0 aliphatic carbocycles. The van der Waals surface area contributed by atoms with Crippen LogP contribution in [0.1, 0.15) is 35.9 Å². The SMILES string of the molecule is CCNC(Cc1ccsc1)c1sccc1CC. The van der Waals surface area contributed by atoms with Crippen molar-refractivity contribution in [2.75, 3.05) is 6.54 Å². The predicted molar refractivity (Wildman–Crippen MR) is 78.1 cm³/mol. The number of thiophene rings is 2. The molecule has 2 rings (SSSR count). The molecule has 0 fully saturated rings. The number of aryl methyl sites for hydroxylation is 1. The zero-order valence-electron chi connectivity index (χ0n) is 10.4. The van der Waals surface area contributed by atoms with Gasteiger partial charge in [0.05, 0.1) is 0 Å². The largest absolute Gasteiger partial charge is 0.309 e. The summed E-state index contributed by atoms with van der Waals surface area (Å²) in [6.07, 6.45) is 2.23. The van der Waals surface area contributed by atoms with Crippen LogP contribution in [0.4, 0.5) is 0 Å². The van der Waals surface area contributed by atoms with Gasteiger partial charge in [0.25, 0.3) is 0 Å². The van der Waals surface area contributed by atoms with Crippen molar-refractivity contribution in [2.24, 2.45) is 0 Å². The number of likely N-dealkylation sites (N-methyl/N-ethyl adjacent to an activating group) is 1. The first-order valence-electron chi connectivity index (χ1n) is 6.15. The lowest BCUT2D eigenvalue weighted by molar-refractivity contribution is 0.555. The Labute approximate surface area is 112 Å². The molecule has 2 heterocycles. The van der Waals surface area contributed by atoms with Crippen molar-refractivity contribution in [3.63, 3.8) is 0 Å². The van der Waals surface area contributed by atoms with Crippen LogP contribution < -0.4 is 5.32 Å². The minimum atomic E-state index is 0.476. The highest BCUT2D eigenvalue weighted by Crippen LogP contribution is 2.28. The summed E-state index contributed by atoms with van der Waals surface area (Å²) in [5.74, 6) is 0. The molecule has 0 bridgehead atoms. The molecule has 1 nitrogen and oxygen atoms in total. The van der Waals surface area contributed by atoms with Gasteiger partial charge in [0.15, 0.2) is 0 Å². The molecule has 1 atom stereocenters. The van der Waals surface area contributed by atoms with Crippen molar-refractivity contribution in [1.29, 1.82) is 0 Å². The third-order valence-electron chi connectivity index (χ3n) is 2.95. The molecule has 0 saturated carbocycles. The van der Waals surface area contributed by atoms with Gasteiger partial charge in [-0.2, -0.15) is 11.3 Å². The zero-order valence-corrected chi connectivity index (χ0v) is 12.0. The van der Waals surface area contributed by atoms with E-state index in [0.29, 0.717) is 6.04 Å². The molecule has 2 aromatic rings. The Balaban J connectivity index is 2.16. The number of hydrogen-bond acceptors (Lipinski definition) is 3. The summed E-state index contributed by atoms with van der Waals surface area (Å²) in [6.45, 7) is 5.44. The Hall–Kier alpha value is -0.640. The van der Waals surface area contributed by atoms with Crippen LogP contribution in [-0.2, 0) is 12.8 Å². The lowest BCUT2D eigenvalue weighted by Crippen LogP contribution is -2.22. The van der Waals surface area contributed by atoms with Crippen molar-refractivity contribution in [2.45, 2.75) is 32.7 Å². The van der Waals surface area contributed by atoms with Gasteiger partial charge in [-0.1, -0.05) is 13.8 Å². The molecular weight excluding hydrogens is 246 g/mol. The van der Waals surface area contributed by atoms with Gasteiger partial charge in [-0.15, -0.1) is 11.3 Å². The molecule has 0 saturated heterocycles. The molecule has 0 spiro atoms. The molecule has 0 radical (unpaired) electrons. The van der Waals surface area contributed by atoms with Gasteiger partial charge in [0, 0.05) is 10.9 Å². The summed E-state index contributed by atoms with van der Waals surface area (Å²) >= 11 is 3.67. The van der Waals surface area contributed by atoms with E-state index < -0.39 is 0 Å². The van der Waals surface area contributed by atoms with Gasteiger partial charge in [-0.3, -0.25) is 0 Å². The fraction of sp³-hybridized carbons (Fsp3) is 0.429. The van der Waals surface area contributed by atoms with Gasteiger partial charge in [0.2, 0.25) is 0 Å². The van der Waals surface area contributed by atoms with E-state index in [1.165, 1.54) is 16.0 Å². The minimum Gasteiger partial charge on any atom is -0.309 e. The summed E-state index contributed by atoms with van der Waals surface area (Å²) < 4.78 is 0. The van der Waals surface area contributed by atoms with E-state index in [2.05, 4.69) is 47.4 Å². The first-order chi connectivity index (χ1) is 8.35. The van der Waals surface area contributed by atoms with Crippen LogP contribution in [0.2, 0.25) is 0 Å². The van der Waals surface area contributed by atoms with Crippen LogP contribution in [0.3, 0.4) is 0 Å². The van der Waals surface area contributed by atoms with Crippen molar-refractivity contribution >= 4 is 22.7 Å². The molecule has 0 aromatic carbocycles. The van der Waals surface area contributed by atoms with Crippen LogP contribution in [0.5, 0.6) is 0 Å². The van der Waals surface area contributed by atoms with E-state index in [1.54, 1.807) is 11.3 Å². The second kappa shape index (κ2) is 6.34. The second-order valence-electron chi connectivity index (χ2n) is 4.11. The van der Waals surface area contributed by atoms with Crippen molar-refractivity contribution < 1.29 is 0 Å². The first kappa shape index (κ1) is 12.8. The summed E-state index contributed by atoms with van der Waals surface area (Å²) in [5.41, 5.74) is 2.94. The highest BCUT2D eigenvalue weighted by molar-refractivity contribution is 7.10. The monoisotopic (exact) mass is 265 g/mol. The highest BCUT2D eigenvalue weighted by Gasteiger charge is 2.15. The topological polar surface area (TPSA) is 12.0 Å². The molecule has 1 N–H and O–H groups in total. The quantitative estimate of drug-likeness (QED) is 0.822. The van der Waals surface area contributed by atoms with Crippen LogP contribution in [0.25, 0.3) is 0 Å². The third-order valence-corrected chi connectivity index (χ3v) is 4.75. The summed E-state index contributed by atoms with van der Waals surface area (Å²) in [6, 6.07) is 4.97. The lowest BCUT2D eigenvalue weighted by atomic mass is 10.0. The molecule has 17 heavy (non-hydrogen) atoms. The molecule has 0 aliphatic rings. The maximum atomic E-state index is 3.61. The Kier molecular flexibility index (Phi) is 4.77. The first-order valence-corrected chi connectivity index (χ1v) is 7.98. The van der Waals surface area contributed by atoms with Crippen molar-refractivity contribution in [3.8, 4) is 0 Å². The number of hydrogen-bond donors (Lipinski definition) is 1. The molecule has 1 unspecified atom stereocenters. The van der Waals surface area contributed by atoms with Crippen molar-refractivity contribution in [3.05, 3.63) is 44.3 Å². The Morgan fingerprint density at radius 2 is 2.12 bits per heavy atom. The maximum absolute atomic E-state index is 3.61. The van der Waals surface area contributed by atoms with Gasteiger partial charge in [0.1, 0.15) is 0 Å². The van der Waals surface area contributed by atoms with E-state index in [9.17, 15) is 0 Å². The summed E-state index contributed by atoms with van der Waals surface area (Å²) in [5, 5.41) is 10.2. The minimum absolute atomic E-state index is 0.476. The second-order valence-corrected chi connectivity index (χ2v) is 5.84.